The second-order valence-corrected chi connectivity index (χ2v) is 8.14. The van der Waals surface area contributed by atoms with Crippen molar-refractivity contribution in [2.45, 2.75) is 56.1 Å². The normalized spacial score (nSPS) is 17.1. The summed E-state index contributed by atoms with van der Waals surface area (Å²) in [6, 6.07) is 5.93. The summed E-state index contributed by atoms with van der Waals surface area (Å²) in [6.45, 7) is 1.49. The molecule has 1 aliphatic carbocycles. The van der Waals surface area contributed by atoms with Gasteiger partial charge in [-0.1, -0.05) is 31.4 Å². The molecular formula is C17H23NO5S. The summed E-state index contributed by atoms with van der Waals surface area (Å²) in [5, 5.41) is 2.89. The summed E-state index contributed by atoms with van der Waals surface area (Å²) in [4.78, 5) is 24.3. The lowest BCUT2D eigenvalue weighted by molar-refractivity contribution is -0.130. The first kappa shape index (κ1) is 18.4. The van der Waals surface area contributed by atoms with Crippen molar-refractivity contribution in [3.8, 4) is 0 Å². The minimum atomic E-state index is -3.56. The van der Waals surface area contributed by atoms with E-state index in [4.69, 9.17) is 4.74 Å². The lowest BCUT2D eigenvalue weighted by Crippen LogP contribution is -2.42. The Balaban J connectivity index is 2.02. The van der Waals surface area contributed by atoms with E-state index >= 15 is 0 Å². The van der Waals surface area contributed by atoms with Gasteiger partial charge in [0.15, 0.2) is 15.9 Å². The van der Waals surface area contributed by atoms with Gasteiger partial charge in [0.2, 0.25) is 0 Å². The summed E-state index contributed by atoms with van der Waals surface area (Å²) >= 11 is 0. The molecule has 1 N–H and O–H groups in total. The van der Waals surface area contributed by atoms with Crippen molar-refractivity contribution in [2.75, 3.05) is 6.26 Å². The minimum absolute atomic E-state index is 0.0580. The second-order valence-electron chi connectivity index (χ2n) is 6.16. The van der Waals surface area contributed by atoms with Crippen LogP contribution in [0.5, 0.6) is 0 Å². The average Bonchev–Trinajstić information content (AvgIpc) is 2.55. The van der Waals surface area contributed by atoms with Crippen LogP contribution in [0.1, 0.15) is 49.4 Å². The van der Waals surface area contributed by atoms with Crippen LogP contribution in [0.3, 0.4) is 0 Å². The molecular weight excluding hydrogens is 330 g/mol. The van der Waals surface area contributed by atoms with E-state index in [-0.39, 0.29) is 22.4 Å². The van der Waals surface area contributed by atoms with Gasteiger partial charge in [-0.05, 0) is 31.9 Å². The molecule has 132 valence electrons. The van der Waals surface area contributed by atoms with Crippen LogP contribution in [-0.4, -0.2) is 38.7 Å². The van der Waals surface area contributed by atoms with Crippen molar-refractivity contribution in [3.05, 3.63) is 29.8 Å². The molecule has 1 aromatic carbocycles. The molecule has 1 saturated carbocycles. The molecule has 1 aromatic rings. The fraction of sp³-hybridized carbons (Fsp3) is 0.529. The van der Waals surface area contributed by atoms with Gasteiger partial charge in [-0.2, -0.15) is 0 Å². The van der Waals surface area contributed by atoms with Crippen molar-refractivity contribution in [3.63, 3.8) is 0 Å². The number of nitrogens with one attached hydrogen (secondary N) is 1. The van der Waals surface area contributed by atoms with Gasteiger partial charge in [0.05, 0.1) is 10.5 Å². The molecule has 0 saturated heterocycles. The predicted molar refractivity (Wildman–Crippen MR) is 89.4 cm³/mol. The highest BCUT2D eigenvalue weighted by Gasteiger charge is 2.25. The third-order valence-electron chi connectivity index (χ3n) is 4.11. The number of amides is 1. The zero-order valence-electron chi connectivity index (χ0n) is 13.9. The first-order valence-electron chi connectivity index (χ1n) is 8.09. The van der Waals surface area contributed by atoms with Crippen molar-refractivity contribution in [2.24, 2.45) is 0 Å². The molecule has 7 heteroatoms. The summed E-state index contributed by atoms with van der Waals surface area (Å²) in [5.74, 6) is -1.17. The van der Waals surface area contributed by atoms with Gasteiger partial charge in [-0.15, -0.1) is 0 Å². The summed E-state index contributed by atoms with van der Waals surface area (Å²) in [7, 11) is -3.56. The van der Waals surface area contributed by atoms with Crippen molar-refractivity contribution < 1.29 is 22.7 Å². The first-order valence-corrected chi connectivity index (χ1v) is 9.98. The number of carbonyl (C=O) groups is 2. The Morgan fingerprint density at radius 3 is 2.42 bits per heavy atom. The number of rotatable bonds is 5. The molecule has 6 nitrogen and oxygen atoms in total. The van der Waals surface area contributed by atoms with E-state index in [0.29, 0.717) is 0 Å². The van der Waals surface area contributed by atoms with Gasteiger partial charge in [0, 0.05) is 12.3 Å². The van der Waals surface area contributed by atoms with Crippen LogP contribution in [0.15, 0.2) is 29.2 Å². The monoisotopic (exact) mass is 353 g/mol. The molecule has 0 radical (unpaired) electrons. The van der Waals surface area contributed by atoms with Crippen molar-refractivity contribution >= 4 is 21.7 Å². The van der Waals surface area contributed by atoms with Crippen molar-refractivity contribution in [1.29, 1.82) is 0 Å². The molecule has 1 atom stereocenters. The van der Waals surface area contributed by atoms with E-state index < -0.39 is 21.9 Å². The molecule has 0 heterocycles. The zero-order valence-corrected chi connectivity index (χ0v) is 14.8. The van der Waals surface area contributed by atoms with E-state index in [0.717, 1.165) is 31.9 Å². The first-order chi connectivity index (χ1) is 11.3. The maximum absolute atomic E-state index is 12.3. The second kappa shape index (κ2) is 7.79. The number of hydrogen-bond donors (Lipinski definition) is 1. The maximum Gasteiger partial charge on any atom is 0.340 e. The number of esters is 1. The number of carbonyl (C=O) groups excluding carboxylic acids is 2. The molecule has 0 spiro atoms. The molecule has 24 heavy (non-hydrogen) atoms. The number of hydrogen-bond acceptors (Lipinski definition) is 5. The smallest absolute Gasteiger partial charge is 0.340 e. The predicted octanol–water partition coefficient (Wildman–Crippen LogP) is 2.08. The molecule has 0 aliphatic heterocycles. The Bertz CT molecular complexity index is 707. The standard InChI is InChI=1S/C17H23NO5S/c1-12(16(19)18-13-8-4-3-5-9-13)23-17(20)14-10-6-7-11-15(14)24(2,21)22/h6-7,10-13H,3-5,8-9H2,1-2H3,(H,18,19). The fourth-order valence-corrected chi connectivity index (χ4v) is 3.68. The van der Waals surface area contributed by atoms with Gasteiger partial charge in [-0.25, -0.2) is 13.2 Å². The molecule has 1 unspecified atom stereocenters. The Morgan fingerprint density at radius 1 is 1.17 bits per heavy atom. The number of benzene rings is 1. The van der Waals surface area contributed by atoms with E-state index in [1.807, 2.05) is 0 Å². The molecule has 0 aromatic heterocycles. The molecule has 2 rings (SSSR count). The lowest BCUT2D eigenvalue weighted by atomic mass is 9.95. The third kappa shape index (κ3) is 4.80. The number of sulfone groups is 1. The fourth-order valence-electron chi connectivity index (χ4n) is 2.80. The molecule has 1 fully saturated rings. The van der Waals surface area contributed by atoms with E-state index in [1.54, 1.807) is 6.07 Å². The van der Waals surface area contributed by atoms with Crippen LogP contribution in [0.2, 0.25) is 0 Å². The van der Waals surface area contributed by atoms with Crippen LogP contribution < -0.4 is 5.32 Å². The highest BCUT2D eigenvalue weighted by atomic mass is 32.2. The Labute approximate surface area is 142 Å². The summed E-state index contributed by atoms with van der Waals surface area (Å²) < 4.78 is 28.7. The Kier molecular flexibility index (Phi) is 5.99. The van der Waals surface area contributed by atoms with Gasteiger partial charge in [-0.3, -0.25) is 4.79 Å². The average molecular weight is 353 g/mol. The van der Waals surface area contributed by atoms with Crippen LogP contribution >= 0.6 is 0 Å². The maximum atomic E-state index is 12.3. The van der Waals surface area contributed by atoms with E-state index in [2.05, 4.69) is 5.32 Å². The summed E-state index contributed by atoms with van der Waals surface area (Å²) in [5.41, 5.74) is -0.0580. The highest BCUT2D eigenvalue weighted by molar-refractivity contribution is 7.90. The highest BCUT2D eigenvalue weighted by Crippen LogP contribution is 2.19. The largest absolute Gasteiger partial charge is 0.449 e. The van der Waals surface area contributed by atoms with Crippen LogP contribution in [-0.2, 0) is 19.4 Å². The Hall–Kier alpha value is -1.89. The van der Waals surface area contributed by atoms with Gasteiger partial charge in [0.25, 0.3) is 5.91 Å². The quantitative estimate of drug-likeness (QED) is 0.819. The van der Waals surface area contributed by atoms with Gasteiger partial charge in [0.1, 0.15) is 0 Å². The van der Waals surface area contributed by atoms with Crippen LogP contribution in [0.25, 0.3) is 0 Å². The lowest BCUT2D eigenvalue weighted by Gasteiger charge is -2.24. The zero-order chi connectivity index (χ0) is 17.7. The van der Waals surface area contributed by atoms with Crippen molar-refractivity contribution in [1.82, 2.24) is 5.32 Å². The summed E-state index contributed by atoms with van der Waals surface area (Å²) in [6.07, 6.45) is 5.26. The van der Waals surface area contributed by atoms with Gasteiger partial charge >= 0.3 is 5.97 Å². The van der Waals surface area contributed by atoms with E-state index in [1.165, 1.54) is 31.5 Å². The molecule has 1 amide bonds. The SMILES string of the molecule is CC(OC(=O)c1ccccc1S(C)(=O)=O)C(=O)NC1CCCCC1. The third-order valence-corrected chi connectivity index (χ3v) is 5.27. The van der Waals surface area contributed by atoms with Crippen LogP contribution in [0.4, 0.5) is 0 Å². The van der Waals surface area contributed by atoms with Crippen LogP contribution in [0, 0.1) is 0 Å². The molecule has 0 bridgehead atoms. The van der Waals surface area contributed by atoms with E-state index in [9.17, 15) is 18.0 Å². The van der Waals surface area contributed by atoms with Gasteiger partial charge < -0.3 is 10.1 Å². The number of ether oxygens (including phenoxy) is 1. The Morgan fingerprint density at radius 2 is 1.79 bits per heavy atom. The minimum Gasteiger partial charge on any atom is -0.449 e. The molecule has 1 aliphatic rings. The topological polar surface area (TPSA) is 89.5 Å².